The molecule has 1 N–H and O–H groups in total. The zero-order valence-corrected chi connectivity index (χ0v) is 7.77. The first-order chi connectivity index (χ1) is 5.91. The second-order valence-electron chi connectivity index (χ2n) is 4.26. The van der Waals surface area contributed by atoms with E-state index in [4.69, 9.17) is 4.74 Å². The fourth-order valence-corrected chi connectivity index (χ4v) is 2.42. The summed E-state index contributed by atoms with van der Waals surface area (Å²) in [5, 5.41) is 3.42. The fourth-order valence-electron chi connectivity index (χ4n) is 2.42. The molecule has 1 spiro atoms. The van der Waals surface area contributed by atoms with Gasteiger partial charge in [0.05, 0.1) is 6.61 Å². The first kappa shape index (κ1) is 8.52. The number of rotatable bonds is 0. The van der Waals surface area contributed by atoms with Gasteiger partial charge in [-0.3, -0.25) is 0 Å². The van der Waals surface area contributed by atoms with E-state index < -0.39 is 0 Å². The molecule has 70 valence electrons. The third-order valence-corrected chi connectivity index (χ3v) is 3.32. The van der Waals surface area contributed by atoms with E-state index in [-0.39, 0.29) is 0 Å². The Morgan fingerprint density at radius 2 is 1.83 bits per heavy atom. The van der Waals surface area contributed by atoms with Crippen LogP contribution in [0, 0.1) is 5.41 Å². The van der Waals surface area contributed by atoms with Crippen molar-refractivity contribution < 1.29 is 4.74 Å². The summed E-state index contributed by atoms with van der Waals surface area (Å²) in [6.07, 6.45) is 6.70. The molecule has 0 bridgehead atoms. The lowest BCUT2D eigenvalue weighted by Gasteiger charge is -2.36. The fraction of sp³-hybridized carbons (Fsp3) is 1.00. The summed E-state index contributed by atoms with van der Waals surface area (Å²) in [7, 11) is 0. The standard InChI is InChI=1S/C10H19NO/c1-2-8-12-9-10(3-1)4-6-11-7-5-10/h11H,1-9H2. The van der Waals surface area contributed by atoms with E-state index in [2.05, 4.69) is 5.32 Å². The molecule has 2 aliphatic rings. The Balaban J connectivity index is 1.95. The van der Waals surface area contributed by atoms with Crippen LogP contribution in [0.1, 0.15) is 32.1 Å². The van der Waals surface area contributed by atoms with Gasteiger partial charge in [-0.05, 0) is 44.2 Å². The maximum atomic E-state index is 5.66. The van der Waals surface area contributed by atoms with Crippen LogP contribution in [-0.2, 0) is 4.74 Å². The van der Waals surface area contributed by atoms with Crippen molar-refractivity contribution in [2.45, 2.75) is 32.1 Å². The van der Waals surface area contributed by atoms with E-state index in [1.54, 1.807) is 0 Å². The smallest absolute Gasteiger partial charge is 0.0523 e. The topological polar surface area (TPSA) is 21.3 Å². The average Bonchev–Trinajstić information content (AvgIpc) is 2.33. The van der Waals surface area contributed by atoms with Crippen molar-refractivity contribution in [1.82, 2.24) is 5.32 Å². The van der Waals surface area contributed by atoms with Crippen LogP contribution in [0.3, 0.4) is 0 Å². The molecule has 2 heteroatoms. The predicted octanol–water partition coefficient (Wildman–Crippen LogP) is 1.56. The van der Waals surface area contributed by atoms with Gasteiger partial charge >= 0.3 is 0 Å². The molecule has 2 fully saturated rings. The van der Waals surface area contributed by atoms with E-state index in [9.17, 15) is 0 Å². The summed E-state index contributed by atoms with van der Waals surface area (Å²) in [6, 6.07) is 0. The summed E-state index contributed by atoms with van der Waals surface area (Å²) in [4.78, 5) is 0. The molecular weight excluding hydrogens is 150 g/mol. The highest BCUT2D eigenvalue weighted by Crippen LogP contribution is 2.36. The molecule has 0 saturated carbocycles. The molecule has 0 radical (unpaired) electrons. The summed E-state index contributed by atoms with van der Waals surface area (Å²) in [5.74, 6) is 0. The highest BCUT2D eigenvalue weighted by Gasteiger charge is 2.32. The Hall–Kier alpha value is -0.0800. The Labute approximate surface area is 74.7 Å². The lowest BCUT2D eigenvalue weighted by molar-refractivity contribution is 0.0397. The van der Waals surface area contributed by atoms with Crippen molar-refractivity contribution in [2.24, 2.45) is 5.41 Å². The van der Waals surface area contributed by atoms with Gasteiger partial charge in [-0.1, -0.05) is 6.42 Å². The minimum absolute atomic E-state index is 0.557. The van der Waals surface area contributed by atoms with Crippen LogP contribution in [0.25, 0.3) is 0 Å². The maximum Gasteiger partial charge on any atom is 0.0523 e. The largest absolute Gasteiger partial charge is 0.381 e. The minimum atomic E-state index is 0.557. The van der Waals surface area contributed by atoms with Crippen molar-refractivity contribution >= 4 is 0 Å². The number of nitrogens with one attached hydrogen (secondary N) is 1. The van der Waals surface area contributed by atoms with Crippen LogP contribution in [-0.4, -0.2) is 26.3 Å². The van der Waals surface area contributed by atoms with Crippen LogP contribution in [0.15, 0.2) is 0 Å². The third kappa shape index (κ3) is 1.80. The predicted molar refractivity (Wildman–Crippen MR) is 49.2 cm³/mol. The Morgan fingerprint density at radius 3 is 2.67 bits per heavy atom. The Bertz CT molecular complexity index is 131. The number of hydrogen-bond acceptors (Lipinski definition) is 2. The van der Waals surface area contributed by atoms with E-state index in [0.717, 1.165) is 13.2 Å². The first-order valence-corrected chi connectivity index (χ1v) is 5.20. The van der Waals surface area contributed by atoms with Crippen LogP contribution >= 0.6 is 0 Å². The van der Waals surface area contributed by atoms with Gasteiger partial charge in [-0.25, -0.2) is 0 Å². The van der Waals surface area contributed by atoms with Gasteiger partial charge in [0, 0.05) is 6.61 Å². The molecule has 0 aromatic carbocycles. The van der Waals surface area contributed by atoms with Gasteiger partial charge < -0.3 is 10.1 Å². The quantitative estimate of drug-likeness (QED) is 0.594. The van der Waals surface area contributed by atoms with Crippen LogP contribution in [0.2, 0.25) is 0 Å². The van der Waals surface area contributed by atoms with Crippen LogP contribution in [0.5, 0.6) is 0 Å². The molecule has 2 aliphatic heterocycles. The van der Waals surface area contributed by atoms with Gasteiger partial charge in [-0.15, -0.1) is 0 Å². The molecule has 0 atom stereocenters. The van der Waals surface area contributed by atoms with Crippen LogP contribution < -0.4 is 5.32 Å². The zero-order valence-electron chi connectivity index (χ0n) is 7.77. The maximum absolute atomic E-state index is 5.66. The van der Waals surface area contributed by atoms with Gasteiger partial charge in [0.15, 0.2) is 0 Å². The van der Waals surface area contributed by atoms with Crippen LogP contribution in [0.4, 0.5) is 0 Å². The second kappa shape index (κ2) is 3.75. The third-order valence-electron chi connectivity index (χ3n) is 3.32. The molecular formula is C10H19NO. The summed E-state index contributed by atoms with van der Waals surface area (Å²) >= 11 is 0. The van der Waals surface area contributed by atoms with E-state index in [1.165, 1.54) is 45.2 Å². The number of ether oxygens (including phenoxy) is 1. The normalized spacial score (nSPS) is 30.0. The highest BCUT2D eigenvalue weighted by atomic mass is 16.5. The number of piperidine rings is 1. The second-order valence-corrected chi connectivity index (χ2v) is 4.26. The molecule has 2 nitrogen and oxygen atoms in total. The molecule has 0 aromatic rings. The minimum Gasteiger partial charge on any atom is -0.381 e. The van der Waals surface area contributed by atoms with Gasteiger partial charge in [-0.2, -0.15) is 0 Å². The lowest BCUT2D eigenvalue weighted by atomic mass is 9.76. The molecule has 0 amide bonds. The van der Waals surface area contributed by atoms with Crippen molar-refractivity contribution in [3.63, 3.8) is 0 Å². The van der Waals surface area contributed by atoms with Crippen molar-refractivity contribution in [3.8, 4) is 0 Å². The molecule has 2 rings (SSSR count). The lowest BCUT2D eigenvalue weighted by Crippen LogP contribution is -2.39. The van der Waals surface area contributed by atoms with Gasteiger partial charge in [0.25, 0.3) is 0 Å². The Morgan fingerprint density at radius 1 is 1.00 bits per heavy atom. The molecule has 0 unspecified atom stereocenters. The van der Waals surface area contributed by atoms with E-state index in [0.29, 0.717) is 5.41 Å². The van der Waals surface area contributed by atoms with Crippen molar-refractivity contribution in [3.05, 3.63) is 0 Å². The monoisotopic (exact) mass is 169 g/mol. The summed E-state index contributed by atoms with van der Waals surface area (Å²) < 4.78 is 5.66. The first-order valence-electron chi connectivity index (χ1n) is 5.20. The molecule has 2 heterocycles. The summed E-state index contributed by atoms with van der Waals surface area (Å²) in [5.41, 5.74) is 0.557. The van der Waals surface area contributed by atoms with E-state index in [1.807, 2.05) is 0 Å². The number of hydrogen-bond donors (Lipinski definition) is 1. The van der Waals surface area contributed by atoms with Gasteiger partial charge in [0.1, 0.15) is 0 Å². The summed E-state index contributed by atoms with van der Waals surface area (Å²) in [6.45, 7) is 4.41. The van der Waals surface area contributed by atoms with Gasteiger partial charge in [0.2, 0.25) is 0 Å². The molecule has 0 aromatic heterocycles. The van der Waals surface area contributed by atoms with Crippen molar-refractivity contribution in [1.29, 1.82) is 0 Å². The molecule has 12 heavy (non-hydrogen) atoms. The Kier molecular flexibility index (Phi) is 2.66. The average molecular weight is 169 g/mol. The van der Waals surface area contributed by atoms with E-state index >= 15 is 0 Å². The molecule has 0 aliphatic carbocycles. The van der Waals surface area contributed by atoms with Crippen molar-refractivity contribution in [2.75, 3.05) is 26.3 Å². The SMILES string of the molecule is C1CCC2(CCNCC2)COC1. The highest BCUT2D eigenvalue weighted by molar-refractivity contribution is 4.85. The zero-order chi connectivity index (χ0) is 8.28. The molecule has 2 saturated heterocycles.